The van der Waals surface area contributed by atoms with E-state index in [4.69, 9.17) is 13.9 Å². The van der Waals surface area contributed by atoms with Crippen molar-refractivity contribution in [3.63, 3.8) is 0 Å². The van der Waals surface area contributed by atoms with Gasteiger partial charge in [0, 0.05) is 17.5 Å². The highest BCUT2D eigenvalue weighted by Crippen LogP contribution is 2.32. The Hall–Kier alpha value is -4.51. The van der Waals surface area contributed by atoms with Crippen LogP contribution in [0.15, 0.2) is 45.6 Å². The summed E-state index contributed by atoms with van der Waals surface area (Å²) in [5.74, 6) is 0.0565. The average Bonchev–Trinajstić information content (AvgIpc) is 3.19. The van der Waals surface area contributed by atoms with E-state index in [-0.39, 0.29) is 29.0 Å². The number of benzene rings is 2. The van der Waals surface area contributed by atoms with Gasteiger partial charge in [-0.25, -0.2) is 0 Å². The number of nitriles is 1. The molecule has 4 rings (SSSR count). The molecule has 0 aliphatic rings. The van der Waals surface area contributed by atoms with Crippen molar-refractivity contribution in [3.8, 4) is 23.4 Å². The number of aromatic hydroxyl groups is 1. The van der Waals surface area contributed by atoms with Gasteiger partial charge in [0.15, 0.2) is 17.3 Å². The van der Waals surface area contributed by atoms with Crippen molar-refractivity contribution in [1.29, 1.82) is 5.26 Å². The first kappa shape index (κ1) is 24.6. The van der Waals surface area contributed by atoms with Crippen LogP contribution in [0.25, 0.3) is 11.0 Å². The molecule has 0 spiro atoms. The summed E-state index contributed by atoms with van der Waals surface area (Å²) in [7, 11) is 3.06. The zero-order valence-electron chi connectivity index (χ0n) is 20.8. The number of aryl methyl sites for hydroxylation is 3. The molecule has 0 saturated heterocycles. The fourth-order valence-electron chi connectivity index (χ4n) is 4.37. The van der Waals surface area contributed by atoms with Crippen LogP contribution in [0, 0.1) is 32.1 Å². The number of carbonyl (C=O) groups is 1. The number of hydrogen-bond acceptors (Lipinski definition) is 7. The number of nitrogens with zero attached hydrogens (tertiary/aromatic N) is 2. The lowest BCUT2D eigenvalue weighted by atomic mass is 9.98. The van der Waals surface area contributed by atoms with Gasteiger partial charge >= 0.3 is 0 Å². The van der Waals surface area contributed by atoms with Crippen LogP contribution in [-0.2, 0) is 13.0 Å². The summed E-state index contributed by atoms with van der Waals surface area (Å²) < 4.78 is 17.5. The van der Waals surface area contributed by atoms with E-state index in [1.165, 1.54) is 21.1 Å². The number of ether oxygens (including phenoxy) is 2. The van der Waals surface area contributed by atoms with E-state index in [1.807, 2.05) is 31.2 Å². The third kappa shape index (κ3) is 4.09. The standard InChI is InChI=1S/C28H26N2O6/c1-15-6-8-21-19(12-15)17(3)26(36-21)25(31)24-16(2)20(14-29)27(32)30(28(24)33)11-10-18-7-9-22(34-4)23(13-18)35-5/h6-9,12-13,33H,10-11H2,1-5H3. The van der Waals surface area contributed by atoms with Crippen molar-refractivity contribution in [1.82, 2.24) is 4.57 Å². The summed E-state index contributed by atoms with van der Waals surface area (Å²) in [5, 5.41) is 21.6. The van der Waals surface area contributed by atoms with Crippen LogP contribution < -0.4 is 15.0 Å². The Morgan fingerprint density at radius 1 is 1.06 bits per heavy atom. The van der Waals surface area contributed by atoms with E-state index >= 15 is 0 Å². The van der Waals surface area contributed by atoms with E-state index in [2.05, 4.69) is 0 Å². The molecule has 0 aliphatic heterocycles. The molecule has 0 radical (unpaired) electrons. The number of pyridine rings is 1. The number of carbonyl (C=O) groups excluding carboxylic acids is 1. The second-order valence-corrected chi connectivity index (χ2v) is 8.59. The lowest BCUT2D eigenvalue weighted by molar-refractivity contribution is 0.101. The van der Waals surface area contributed by atoms with Crippen LogP contribution in [0.1, 0.15) is 43.9 Å². The fourth-order valence-corrected chi connectivity index (χ4v) is 4.37. The van der Waals surface area contributed by atoms with Gasteiger partial charge in [0.2, 0.25) is 11.7 Å². The molecule has 0 atom stereocenters. The van der Waals surface area contributed by atoms with Gasteiger partial charge in [0.1, 0.15) is 17.2 Å². The molecule has 36 heavy (non-hydrogen) atoms. The summed E-state index contributed by atoms with van der Waals surface area (Å²) in [6.07, 6.45) is 0.332. The van der Waals surface area contributed by atoms with Gasteiger partial charge in [0.25, 0.3) is 5.56 Å². The Balaban J connectivity index is 1.79. The Kier molecular flexibility index (Phi) is 6.58. The summed E-state index contributed by atoms with van der Waals surface area (Å²) in [4.78, 5) is 26.7. The third-order valence-corrected chi connectivity index (χ3v) is 6.40. The lowest BCUT2D eigenvalue weighted by Crippen LogP contribution is -2.27. The van der Waals surface area contributed by atoms with Gasteiger partial charge in [-0.05, 0) is 62.6 Å². The summed E-state index contributed by atoms with van der Waals surface area (Å²) in [6, 6.07) is 12.8. The first-order valence-electron chi connectivity index (χ1n) is 11.3. The van der Waals surface area contributed by atoms with E-state index in [9.17, 15) is 20.0 Å². The maximum absolute atomic E-state index is 13.6. The molecule has 0 aliphatic carbocycles. The Bertz CT molecular complexity index is 1600. The van der Waals surface area contributed by atoms with Crippen molar-refractivity contribution in [3.05, 3.63) is 85.9 Å². The number of ketones is 1. The molecule has 4 aromatic rings. The molecule has 0 amide bonds. The number of aromatic nitrogens is 1. The molecule has 0 unspecified atom stereocenters. The minimum Gasteiger partial charge on any atom is -0.494 e. The minimum absolute atomic E-state index is 0.0354. The largest absolute Gasteiger partial charge is 0.494 e. The molecule has 8 nitrogen and oxygen atoms in total. The smallest absolute Gasteiger partial charge is 0.271 e. The second kappa shape index (κ2) is 9.62. The molecule has 1 N–H and O–H groups in total. The molecule has 2 aromatic heterocycles. The van der Waals surface area contributed by atoms with Crippen molar-refractivity contribution in [2.45, 2.75) is 33.7 Å². The van der Waals surface area contributed by atoms with E-state index < -0.39 is 17.2 Å². The Morgan fingerprint density at radius 3 is 2.44 bits per heavy atom. The molecular weight excluding hydrogens is 460 g/mol. The Morgan fingerprint density at radius 2 is 1.78 bits per heavy atom. The molecule has 8 heteroatoms. The van der Waals surface area contributed by atoms with Crippen LogP contribution in [0.5, 0.6) is 17.4 Å². The third-order valence-electron chi connectivity index (χ3n) is 6.40. The van der Waals surface area contributed by atoms with Crippen LogP contribution in [-0.4, -0.2) is 29.7 Å². The predicted octanol–water partition coefficient (Wildman–Crippen LogP) is 4.59. The van der Waals surface area contributed by atoms with Gasteiger partial charge in [-0.1, -0.05) is 17.7 Å². The van der Waals surface area contributed by atoms with Crippen LogP contribution in [0.4, 0.5) is 0 Å². The zero-order valence-corrected chi connectivity index (χ0v) is 20.8. The number of rotatable bonds is 7. The number of methoxy groups -OCH3 is 2. The highest BCUT2D eigenvalue weighted by atomic mass is 16.5. The van der Waals surface area contributed by atoms with Gasteiger partial charge in [0.05, 0.1) is 19.8 Å². The molecule has 2 heterocycles. The minimum atomic E-state index is -0.665. The first-order valence-corrected chi connectivity index (χ1v) is 11.3. The maximum Gasteiger partial charge on any atom is 0.271 e. The van der Waals surface area contributed by atoms with E-state index in [1.54, 1.807) is 25.1 Å². The topological polar surface area (TPSA) is 115 Å². The predicted molar refractivity (Wildman–Crippen MR) is 134 cm³/mol. The van der Waals surface area contributed by atoms with Crippen LogP contribution >= 0.6 is 0 Å². The SMILES string of the molecule is COc1ccc(CCn2c(O)c(C(=O)c3oc4ccc(C)cc4c3C)c(C)c(C#N)c2=O)cc1OC. The Labute approximate surface area is 207 Å². The van der Waals surface area contributed by atoms with E-state index in [0.717, 1.165) is 21.1 Å². The molecule has 2 aromatic carbocycles. The highest BCUT2D eigenvalue weighted by Gasteiger charge is 2.28. The monoisotopic (exact) mass is 486 g/mol. The second-order valence-electron chi connectivity index (χ2n) is 8.59. The average molecular weight is 487 g/mol. The van der Waals surface area contributed by atoms with Crippen LogP contribution in [0.3, 0.4) is 0 Å². The summed E-state index contributed by atoms with van der Waals surface area (Å²) in [5.41, 5.74) is 2.12. The number of fused-ring (bicyclic) bond motifs is 1. The fraction of sp³-hybridized carbons (Fsp3) is 0.250. The number of furan rings is 1. The van der Waals surface area contributed by atoms with Crippen LogP contribution in [0.2, 0.25) is 0 Å². The molecule has 184 valence electrons. The lowest BCUT2D eigenvalue weighted by Gasteiger charge is -2.16. The molecule has 0 fully saturated rings. The zero-order chi connectivity index (χ0) is 26.1. The number of hydrogen-bond donors (Lipinski definition) is 1. The maximum atomic E-state index is 13.6. The van der Waals surface area contributed by atoms with Gasteiger partial charge in [-0.3, -0.25) is 14.2 Å². The van der Waals surface area contributed by atoms with Gasteiger partial charge < -0.3 is 19.0 Å². The summed E-state index contributed by atoms with van der Waals surface area (Å²) >= 11 is 0. The van der Waals surface area contributed by atoms with Crippen molar-refractivity contribution in [2.75, 3.05) is 14.2 Å². The normalized spacial score (nSPS) is 10.9. The van der Waals surface area contributed by atoms with Gasteiger partial charge in [-0.2, -0.15) is 5.26 Å². The van der Waals surface area contributed by atoms with Crippen molar-refractivity contribution in [2.24, 2.45) is 0 Å². The van der Waals surface area contributed by atoms with Crippen molar-refractivity contribution < 1.29 is 23.8 Å². The van der Waals surface area contributed by atoms with Gasteiger partial charge in [-0.15, -0.1) is 0 Å². The summed E-state index contributed by atoms with van der Waals surface area (Å²) in [6.45, 7) is 5.22. The highest BCUT2D eigenvalue weighted by molar-refractivity contribution is 6.12. The first-order chi connectivity index (χ1) is 17.2. The quantitative estimate of drug-likeness (QED) is 0.380. The van der Waals surface area contributed by atoms with E-state index in [0.29, 0.717) is 29.1 Å². The molecule has 0 saturated carbocycles. The molecule has 0 bridgehead atoms. The van der Waals surface area contributed by atoms with Crippen molar-refractivity contribution >= 4 is 16.8 Å². The molecular formula is C28H26N2O6.